The van der Waals surface area contributed by atoms with Gasteiger partial charge in [-0.05, 0) is 379 Å². The molecule has 15 aliphatic carbocycles. The van der Waals surface area contributed by atoms with Crippen molar-refractivity contribution >= 4 is 29.3 Å². The van der Waals surface area contributed by atoms with Crippen LogP contribution in [0.3, 0.4) is 0 Å². The maximum Gasteiger partial charge on any atom is 2.00 e. The minimum Gasteiger partial charge on any atom is -1.00 e. The second-order valence-corrected chi connectivity index (χ2v) is 41.9. The fraction of sp³-hybridized carbons (Fsp3) is 0.915. The smallest absolute Gasteiger partial charge is 1.00 e. The largest absolute Gasteiger partial charge is 2.00 e. The number of hydrogen-bond donors (Lipinski definition) is 5. The molecule has 0 unspecified atom stereocenters. The van der Waals surface area contributed by atoms with Gasteiger partial charge >= 0.3 is 23.1 Å². The second-order valence-electron chi connectivity index (χ2n) is 41.9. The first-order valence-corrected chi connectivity index (χ1v) is 44.4. The number of carbonyl (C=O) groups excluding carboxylic acids is 1. The van der Waals surface area contributed by atoms with Crippen molar-refractivity contribution in [2.24, 2.45) is 133 Å². The monoisotopic (exact) mass is 1460 g/mol. The van der Waals surface area contributed by atoms with E-state index >= 15 is 0 Å². The zero-order valence-corrected chi connectivity index (χ0v) is 70.7. The number of aliphatic hydroxyl groups excluding tert-OH is 2. The van der Waals surface area contributed by atoms with Crippen LogP contribution in [-0.4, -0.2) is 97.1 Å². The number of carbonyl (C=O) groups is 1. The number of ether oxygens (including phenoxy) is 1. The normalized spacial score (nSPS) is 45.6. The summed E-state index contributed by atoms with van der Waals surface area (Å²) in [6, 6.07) is 0. The Morgan fingerprint density at radius 2 is 0.738 bits per heavy atom. The minimum absolute atomic E-state index is 0. The van der Waals surface area contributed by atoms with E-state index in [0.717, 1.165) is 173 Å². The summed E-state index contributed by atoms with van der Waals surface area (Å²) < 4.78 is 4.94. The number of aldehydes is 1. The zero-order valence-electron chi connectivity index (χ0n) is 68.5. The summed E-state index contributed by atoms with van der Waals surface area (Å²) in [5.74, 6) is 13.5. The van der Waals surface area contributed by atoms with Gasteiger partial charge in [0.2, 0.25) is 0 Å². The maximum absolute atomic E-state index is 10.9. The number of aliphatic hydroxyl groups is 5. The van der Waals surface area contributed by atoms with Crippen LogP contribution in [0.25, 0.3) is 0 Å². The number of hydrogen-bond acceptors (Lipinski definition) is 7. The molecule has 1 saturated heterocycles. The molecule has 5 N–H and O–H groups in total. The van der Waals surface area contributed by atoms with Gasteiger partial charge in [0.15, 0.2) is 0 Å². The van der Waals surface area contributed by atoms with Gasteiger partial charge in [-0.15, -0.1) is 0 Å². The number of fused-ring (bicyclic) bond motifs is 15. The van der Waals surface area contributed by atoms with Crippen LogP contribution in [0.2, 0.25) is 0 Å². The fourth-order valence-electron chi connectivity index (χ4n) is 29.5. The van der Waals surface area contributed by atoms with E-state index in [1.807, 2.05) is 20.8 Å². The molecule has 0 spiro atoms. The molecule has 7 nitrogen and oxygen atoms in total. The molecule has 0 radical (unpaired) electrons. The van der Waals surface area contributed by atoms with E-state index < -0.39 is 16.8 Å². The third kappa shape index (κ3) is 17.9. The summed E-state index contributed by atoms with van der Waals surface area (Å²) in [5, 5.41) is 53.5. The molecular weight excluding hydrogens is 1300 g/mol. The predicted molar refractivity (Wildman–Crippen MR) is 423 cm³/mol. The Labute approximate surface area is 654 Å². The summed E-state index contributed by atoms with van der Waals surface area (Å²) in [6.07, 6.45) is 65.5. The Morgan fingerprint density at radius 3 is 1.02 bits per heavy atom. The van der Waals surface area contributed by atoms with Crippen molar-refractivity contribution in [1.29, 1.82) is 0 Å². The molecule has 0 amide bonds. The molecule has 26 atom stereocenters. The van der Waals surface area contributed by atoms with E-state index in [0.29, 0.717) is 50.2 Å². The van der Waals surface area contributed by atoms with Gasteiger partial charge in [-0.1, -0.05) is 136 Å². The Bertz CT molecular complexity index is 2660. The van der Waals surface area contributed by atoms with E-state index in [-0.39, 0.29) is 47.7 Å². The Hall–Kier alpha value is -0.294. The third-order valence-electron chi connectivity index (χ3n) is 35.8. The molecule has 0 aromatic heterocycles. The van der Waals surface area contributed by atoms with Crippen LogP contribution < -0.4 is 12.4 Å². The summed E-state index contributed by atoms with van der Waals surface area (Å²) in [6.45, 7) is 31.1. The quantitative estimate of drug-likeness (QED) is 0.0507. The Balaban J connectivity index is 0.000000154. The molecule has 16 aliphatic rings. The average molecular weight is 1460 g/mol. The molecule has 0 bridgehead atoms. The minimum atomic E-state index is -0.492. The van der Waals surface area contributed by atoms with E-state index in [1.165, 1.54) is 212 Å². The van der Waals surface area contributed by atoms with Crippen molar-refractivity contribution in [1.82, 2.24) is 0 Å². The Kier molecular flexibility index (Phi) is 28.9. The zero-order chi connectivity index (χ0) is 72.0. The molecule has 1 heterocycles. The second kappa shape index (κ2) is 35.0. The standard InChI is InChI=1S/2C30H50O2.C25H40O2.C5H9.C4H8O.ClH.Mg/c2*1-20(9-14-27(31)21-7-5-6-8-21)24-12-13-25-23-11-10-22-19-28(2,32)17-18-29(22,3)26(23)15-16-30(24,25)4;1-17(6-5-15-26)20-9-10-21-19-8-7-18-16-23(2,27)13-14-24(18,3)22(19)11-12-25(20,21)4;2*1-2-4-5-3-1;;/h2*10,20-21,23-27,31-32H,5-9,11-19H2,1-4H3;7,15,17,19-22,27H,5-6,8-14,16H2,1-4H3;1H,2-5H2;1-4H2;1H;/q;;;-1;;;+2/p-1/t20-,23+,24-,25+,26+,27+,28+,29+,30-;20-,23+,24-,25+,26+,27-,28+,29+,30-;17-,19+,20-,21+,22+,23+,24+,25-;;;;/m111..../s1. The summed E-state index contributed by atoms with van der Waals surface area (Å²) in [5.41, 5.74) is 5.75. The van der Waals surface area contributed by atoms with Crippen LogP contribution in [-0.2, 0) is 9.53 Å². The summed E-state index contributed by atoms with van der Waals surface area (Å²) >= 11 is 0. The third-order valence-corrected chi connectivity index (χ3v) is 35.8. The molecule has 0 aromatic carbocycles. The topological polar surface area (TPSA) is 127 Å². The molecule has 103 heavy (non-hydrogen) atoms. The van der Waals surface area contributed by atoms with Crippen molar-refractivity contribution in [3.63, 3.8) is 0 Å². The molecule has 584 valence electrons. The van der Waals surface area contributed by atoms with Crippen LogP contribution in [0.5, 0.6) is 0 Å². The molecule has 16 rings (SSSR count). The van der Waals surface area contributed by atoms with E-state index in [9.17, 15) is 30.3 Å². The average Bonchev–Trinajstić information content (AvgIpc) is 1.70. The molecule has 9 heteroatoms. The van der Waals surface area contributed by atoms with Crippen molar-refractivity contribution in [3.8, 4) is 0 Å². The first-order chi connectivity index (χ1) is 48.0. The van der Waals surface area contributed by atoms with Crippen molar-refractivity contribution in [3.05, 3.63) is 41.4 Å². The number of allylic oxidation sites excluding steroid dienone is 3. The van der Waals surface area contributed by atoms with E-state index in [1.54, 1.807) is 16.7 Å². The van der Waals surface area contributed by atoms with Gasteiger partial charge in [0, 0.05) is 19.6 Å². The van der Waals surface area contributed by atoms with E-state index in [4.69, 9.17) is 4.74 Å². The van der Waals surface area contributed by atoms with Crippen LogP contribution in [0, 0.1) is 140 Å². The van der Waals surface area contributed by atoms with Crippen LogP contribution in [0.1, 0.15) is 366 Å². The fourth-order valence-corrected chi connectivity index (χ4v) is 29.5. The first kappa shape index (κ1) is 85.1. The SMILES string of the molecule is C1CCOC1.C[C@H](CCC=O)[C@H]1CC[C@H]2[C@@H]3CC=C4C[C@@](C)(O)CC[C@]4(C)[C@H]3CC[C@]12C.C[C@H](CC[C@@H](O)C1CCCC1)[C@H]1CC[C@H]2[C@@H]3CC=C4C[C@@](C)(O)CC[C@]4(C)[C@H]3CC[C@]12C.C[C@H](CC[C@H](O)C1CCCC1)[C@H]1CC[C@H]2[C@@H]3CC=C4C[C@@](C)(O)CC[C@]4(C)[C@H]3CC[C@]12C.[CH-]1CCCC1.[Cl-].[Mg+2]. The van der Waals surface area contributed by atoms with Crippen LogP contribution >= 0.6 is 0 Å². The van der Waals surface area contributed by atoms with Gasteiger partial charge in [0.05, 0.1) is 29.0 Å². The van der Waals surface area contributed by atoms with Gasteiger partial charge in [-0.3, -0.25) is 0 Å². The van der Waals surface area contributed by atoms with Crippen LogP contribution in [0.15, 0.2) is 34.9 Å². The molecule has 13 fully saturated rings. The van der Waals surface area contributed by atoms with Crippen molar-refractivity contribution in [2.75, 3.05) is 13.2 Å². The van der Waals surface area contributed by atoms with Crippen molar-refractivity contribution in [2.45, 2.75) is 395 Å². The van der Waals surface area contributed by atoms with E-state index in [2.05, 4.69) is 87.0 Å². The van der Waals surface area contributed by atoms with Gasteiger partial charge < -0.3 is 53.9 Å². The number of rotatable bonds is 14. The molecule has 12 saturated carbocycles. The van der Waals surface area contributed by atoms with Crippen LogP contribution in [0.4, 0.5) is 0 Å². The summed E-state index contributed by atoms with van der Waals surface area (Å²) in [4.78, 5) is 10.9. The first-order valence-electron chi connectivity index (χ1n) is 44.4. The van der Waals surface area contributed by atoms with Gasteiger partial charge in [0.25, 0.3) is 0 Å². The van der Waals surface area contributed by atoms with Gasteiger partial charge in [0.1, 0.15) is 6.29 Å². The Morgan fingerprint density at radius 1 is 0.417 bits per heavy atom. The maximum atomic E-state index is 10.9. The molecule has 0 aromatic rings. The van der Waals surface area contributed by atoms with Crippen molar-refractivity contribution < 1.29 is 47.5 Å². The van der Waals surface area contributed by atoms with Gasteiger partial charge in [-0.25, -0.2) is 0 Å². The number of halogens is 1. The predicted octanol–water partition coefficient (Wildman–Crippen LogP) is 19.7. The molecular formula is C94H157ClMgO7. The molecule has 1 aliphatic heterocycles. The van der Waals surface area contributed by atoms with Gasteiger partial charge in [-0.2, -0.15) is 12.8 Å². The summed E-state index contributed by atoms with van der Waals surface area (Å²) in [7, 11) is 0.